The molecule has 0 N–H and O–H groups in total. The van der Waals surface area contributed by atoms with Crippen molar-refractivity contribution in [2.24, 2.45) is 0 Å². The summed E-state index contributed by atoms with van der Waals surface area (Å²) in [6.07, 6.45) is 1.59. The van der Waals surface area contributed by atoms with Gasteiger partial charge in [0.1, 0.15) is 6.54 Å². The lowest BCUT2D eigenvalue weighted by Crippen LogP contribution is -2.23. The topological polar surface area (TPSA) is 38.1 Å². The van der Waals surface area contributed by atoms with E-state index in [1.807, 2.05) is 12.1 Å². The Balaban J connectivity index is 1.85. The third kappa shape index (κ3) is 3.56. The molecule has 7 heteroatoms. The molecule has 0 bridgehead atoms. The molecule has 0 aliphatic heterocycles. The van der Waals surface area contributed by atoms with Crippen LogP contribution in [0.3, 0.4) is 0 Å². The quantitative estimate of drug-likeness (QED) is 0.646. The normalized spacial score (nSPS) is 11.7. The average molecular weight is 408 g/mol. The zero-order valence-electron chi connectivity index (χ0n) is 13.7. The third-order valence-electron chi connectivity index (χ3n) is 3.87. The minimum Gasteiger partial charge on any atom is -0.345 e. The second-order valence-electron chi connectivity index (χ2n) is 5.98. The first-order chi connectivity index (χ1) is 11.8. The summed E-state index contributed by atoms with van der Waals surface area (Å²) in [4.78, 5) is 13.3. The molecular weight excluding hydrogens is 392 g/mol. The van der Waals surface area contributed by atoms with Crippen molar-refractivity contribution in [3.05, 3.63) is 64.3 Å². The van der Waals surface area contributed by atoms with Gasteiger partial charge in [0.25, 0.3) is 11.8 Å². The number of nitrogens with zero attached hydrogens (tertiary/aromatic N) is 3. The van der Waals surface area contributed by atoms with Crippen molar-refractivity contribution >= 4 is 32.7 Å². The van der Waals surface area contributed by atoms with Gasteiger partial charge in [0.05, 0.1) is 5.52 Å². The Morgan fingerprint density at radius 1 is 1.20 bits per heavy atom. The number of halogens is 3. The van der Waals surface area contributed by atoms with E-state index in [1.54, 1.807) is 26.4 Å². The van der Waals surface area contributed by atoms with E-state index >= 15 is 0 Å². The number of hydrogen-bond donors (Lipinski definition) is 0. The van der Waals surface area contributed by atoms with Gasteiger partial charge in [0.2, 0.25) is 0 Å². The fourth-order valence-electron chi connectivity index (χ4n) is 2.55. The molecule has 0 fully saturated rings. The molecule has 3 aromatic rings. The summed E-state index contributed by atoms with van der Waals surface area (Å²) in [5.41, 5.74) is 0.872. The van der Waals surface area contributed by atoms with Gasteiger partial charge in [0.15, 0.2) is 0 Å². The third-order valence-corrected chi connectivity index (χ3v) is 4.56. The molecule has 0 aliphatic rings. The number of carbonyl (C=O) groups is 1. The molecule has 0 saturated carbocycles. The molecule has 0 atom stereocenters. The van der Waals surface area contributed by atoms with Crippen LogP contribution in [0.4, 0.5) is 8.78 Å². The predicted octanol–water partition coefficient (Wildman–Crippen LogP) is 4.29. The maximum atomic E-state index is 14.6. The van der Waals surface area contributed by atoms with Gasteiger partial charge in [-0.3, -0.25) is 9.48 Å². The van der Waals surface area contributed by atoms with Crippen molar-refractivity contribution in [2.45, 2.75) is 12.5 Å². The molecule has 0 saturated heterocycles. The summed E-state index contributed by atoms with van der Waals surface area (Å²) in [7, 11) is 3.23. The number of amides is 1. The van der Waals surface area contributed by atoms with Gasteiger partial charge < -0.3 is 4.90 Å². The van der Waals surface area contributed by atoms with Crippen LogP contribution in [-0.4, -0.2) is 34.7 Å². The SMILES string of the molecule is CN(C)C(=O)c1ccc(C(F)(F)Cn2cc3c(Br)cccc3n2)cc1. The molecule has 0 aliphatic carbocycles. The minimum atomic E-state index is -3.10. The Morgan fingerprint density at radius 2 is 1.88 bits per heavy atom. The van der Waals surface area contributed by atoms with Crippen molar-refractivity contribution < 1.29 is 13.6 Å². The Bertz CT molecular complexity index is 920. The first-order valence-corrected chi connectivity index (χ1v) is 8.39. The van der Waals surface area contributed by atoms with E-state index in [0.29, 0.717) is 11.1 Å². The molecule has 0 radical (unpaired) electrons. The predicted molar refractivity (Wildman–Crippen MR) is 95.8 cm³/mol. The first kappa shape index (κ1) is 17.5. The summed E-state index contributed by atoms with van der Waals surface area (Å²) >= 11 is 3.39. The molecule has 2 aromatic carbocycles. The highest BCUT2D eigenvalue weighted by Crippen LogP contribution is 2.31. The van der Waals surface area contributed by atoms with Crippen molar-refractivity contribution in [3.8, 4) is 0 Å². The second-order valence-corrected chi connectivity index (χ2v) is 6.84. The molecule has 1 amide bonds. The number of rotatable bonds is 4. The molecule has 130 valence electrons. The van der Waals surface area contributed by atoms with E-state index in [1.165, 1.54) is 33.8 Å². The Labute approximate surface area is 152 Å². The summed E-state index contributed by atoms with van der Waals surface area (Å²) in [6, 6.07) is 10.8. The van der Waals surface area contributed by atoms with E-state index in [4.69, 9.17) is 0 Å². The summed E-state index contributed by atoms with van der Waals surface area (Å²) in [5, 5.41) is 4.98. The molecule has 4 nitrogen and oxygen atoms in total. The van der Waals surface area contributed by atoms with Crippen LogP contribution in [0.25, 0.3) is 10.9 Å². The lowest BCUT2D eigenvalue weighted by atomic mass is 10.1. The molecule has 0 unspecified atom stereocenters. The van der Waals surface area contributed by atoms with Gasteiger partial charge in [-0.2, -0.15) is 13.9 Å². The van der Waals surface area contributed by atoms with Gasteiger partial charge >= 0.3 is 0 Å². The van der Waals surface area contributed by atoms with Gasteiger partial charge in [0, 0.05) is 41.3 Å². The summed E-state index contributed by atoms with van der Waals surface area (Å²) < 4.78 is 31.2. The molecule has 25 heavy (non-hydrogen) atoms. The Kier molecular flexibility index (Phi) is 4.60. The molecule has 1 aromatic heterocycles. The maximum absolute atomic E-state index is 14.6. The highest BCUT2D eigenvalue weighted by atomic mass is 79.9. The van der Waals surface area contributed by atoms with Crippen molar-refractivity contribution in [1.82, 2.24) is 14.7 Å². The van der Waals surface area contributed by atoms with Crippen molar-refractivity contribution in [2.75, 3.05) is 14.1 Å². The average Bonchev–Trinajstić information content (AvgIpc) is 2.97. The highest BCUT2D eigenvalue weighted by Gasteiger charge is 2.33. The second kappa shape index (κ2) is 6.55. The number of carbonyl (C=O) groups excluding carboxylic acids is 1. The van der Waals surface area contributed by atoms with Crippen LogP contribution >= 0.6 is 15.9 Å². The fourth-order valence-corrected chi connectivity index (χ4v) is 3.01. The zero-order chi connectivity index (χ0) is 18.2. The number of alkyl halides is 2. The zero-order valence-corrected chi connectivity index (χ0v) is 15.3. The molecule has 0 spiro atoms. The molecular formula is C18H16BrF2N3O. The maximum Gasteiger partial charge on any atom is 0.292 e. The lowest BCUT2D eigenvalue weighted by molar-refractivity contribution is -0.0252. The van der Waals surface area contributed by atoms with Crippen molar-refractivity contribution in [3.63, 3.8) is 0 Å². The van der Waals surface area contributed by atoms with Crippen LogP contribution in [0, 0.1) is 0 Å². The Morgan fingerprint density at radius 3 is 2.48 bits per heavy atom. The standard InChI is InChI=1S/C18H16BrF2N3O/c1-23(2)17(25)12-6-8-13(9-7-12)18(20,21)11-24-10-14-15(19)4-3-5-16(14)22-24/h3-10H,11H2,1-2H3. The minimum absolute atomic E-state index is 0.151. The van der Waals surface area contributed by atoms with Crippen LogP contribution in [0.2, 0.25) is 0 Å². The summed E-state index contributed by atoms with van der Waals surface area (Å²) in [5.74, 6) is -3.33. The summed E-state index contributed by atoms with van der Waals surface area (Å²) in [6.45, 7) is -0.574. The fraction of sp³-hybridized carbons (Fsp3) is 0.222. The van der Waals surface area contributed by atoms with Crippen LogP contribution < -0.4 is 0 Å². The van der Waals surface area contributed by atoms with Gasteiger partial charge in [-0.05, 0) is 24.3 Å². The monoisotopic (exact) mass is 407 g/mol. The van der Waals surface area contributed by atoms with Crippen LogP contribution in [-0.2, 0) is 12.5 Å². The smallest absolute Gasteiger partial charge is 0.292 e. The van der Waals surface area contributed by atoms with Gasteiger partial charge in [-0.15, -0.1) is 0 Å². The lowest BCUT2D eigenvalue weighted by Gasteiger charge is -2.17. The van der Waals surface area contributed by atoms with E-state index in [9.17, 15) is 13.6 Å². The van der Waals surface area contributed by atoms with E-state index in [0.717, 1.165) is 9.86 Å². The largest absolute Gasteiger partial charge is 0.345 e. The van der Waals surface area contributed by atoms with E-state index in [2.05, 4.69) is 21.0 Å². The van der Waals surface area contributed by atoms with Gasteiger partial charge in [-0.25, -0.2) is 0 Å². The van der Waals surface area contributed by atoms with E-state index < -0.39 is 12.5 Å². The highest BCUT2D eigenvalue weighted by molar-refractivity contribution is 9.10. The number of aromatic nitrogens is 2. The Hall–Kier alpha value is -2.28. The van der Waals surface area contributed by atoms with E-state index in [-0.39, 0.29) is 11.5 Å². The van der Waals surface area contributed by atoms with Crippen molar-refractivity contribution in [1.29, 1.82) is 0 Å². The first-order valence-electron chi connectivity index (χ1n) is 7.59. The molecule has 3 rings (SSSR count). The van der Waals surface area contributed by atoms with Crippen LogP contribution in [0.15, 0.2) is 53.1 Å². The number of fused-ring (bicyclic) bond motifs is 1. The van der Waals surface area contributed by atoms with Crippen LogP contribution in [0.5, 0.6) is 0 Å². The van der Waals surface area contributed by atoms with Crippen LogP contribution in [0.1, 0.15) is 15.9 Å². The molecule has 1 heterocycles. The number of hydrogen-bond acceptors (Lipinski definition) is 2. The van der Waals surface area contributed by atoms with Gasteiger partial charge in [-0.1, -0.05) is 34.1 Å². The number of benzene rings is 2.